The van der Waals surface area contributed by atoms with Crippen molar-refractivity contribution in [2.45, 2.75) is 19.9 Å². The molecule has 5 rings (SSSR count). The Morgan fingerprint density at radius 2 is 1.74 bits per heavy atom. The molecule has 2 fully saturated rings. The molecule has 4 heterocycles. The van der Waals surface area contributed by atoms with Gasteiger partial charge in [0.05, 0.1) is 5.52 Å². The van der Waals surface area contributed by atoms with Crippen LogP contribution in [0.25, 0.3) is 16.7 Å². The third kappa shape index (κ3) is 3.70. The van der Waals surface area contributed by atoms with Gasteiger partial charge in [-0.3, -0.25) is 14.5 Å². The molecule has 0 saturated carbocycles. The van der Waals surface area contributed by atoms with Gasteiger partial charge in [0, 0.05) is 75.6 Å². The van der Waals surface area contributed by atoms with Crippen LogP contribution in [0.15, 0.2) is 48.8 Å². The first-order valence-electron chi connectivity index (χ1n) is 10.8. The number of carbonyl (C=O) groups excluding carboxylic acids is 2. The summed E-state index contributed by atoms with van der Waals surface area (Å²) in [5, 5.41) is 1.03. The van der Waals surface area contributed by atoms with Crippen molar-refractivity contribution in [3.05, 3.63) is 59.9 Å². The Morgan fingerprint density at radius 3 is 2.42 bits per heavy atom. The quantitative estimate of drug-likeness (QED) is 0.656. The van der Waals surface area contributed by atoms with Gasteiger partial charge in [0.1, 0.15) is 5.82 Å². The predicted octanol–water partition coefficient (Wildman–Crippen LogP) is 2.32. The van der Waals surface area contributed by atoms with Gasteiger partial charge in [0.25, 0.3) is 5.91 Å². The Kier molecular flexibility index (Phi) is 4.98. The number of aryl methyl sites for hydroxylation is 1. The summed E-state index contributed by atoms with van der Waals surface area (Å²) in [7, 11) is 0. The predicted molar refractivity (Wildman–Crippen MR) is 119 cm³/mol. The minimum atomic E-state index is 0.0849. The van der Waals surface area contributed by atoms with Crippen LogP contribution in [0.3, 0.4) is 0 Å². The molecule has 0 atom stereocenters. The van der Waals surface area contributed by atoms with E-state index in [4.69, 9.17) is 0 Å². The third-order valence-corrected chi connectivity index (χ3v) is 6.51. The van der Waals surface area contributed by atoms with E-state index in [2.05, 4.69) is 9.88 Å². The molecule has 0 unspecified atom stereocenters. The molecule has 2 aliphatic heterocycles. The molecule has 2 amide bonds. The van der Waals surface area contributed by atoms with E-state index in [0.29, 0.717) is 6.04 Å². The summed E-state index contributed by atoms with van der Waals surface area (Å²) >= 11 is 0. The van der Waals surface area contributed by atoms with Gasteiger partial charge in [0.15, 0.2) is 0 Å². The zero-order valence-electron chi connectivity index (χ0n) is 18.0. The fourth-order valence-corrected chi connectivity index (χ4v) is 4.51. The van der Waals surface area contributed by atoms with Crippen LogP contribution in [0.2, 0.25) is 0 Å². The fourth-order valence-electron chi connectivity index (χ4n) is 4.51. The summed E-state index contributed by atoms with van der Waals surface area (Å²) in [6.07, 6.45) is 3.86. The minimum absolute atomic E-state index is 0.0849. The highest BCUT2D eigenvalue weighted by molar-refractivity contribution is 5.98. The molecular formula is C24H27N5O2. The van der Waals surface area contributed by atoms with Gasteiger partial charge in [-0.05, 0) is 42.8 Å². The molecule has 0 aliphatic carbocycles. The summed E-state index contributed by atoms with van der Waals surface area (Å²) in [5.41, 5.74) is 2.89. The Hall–Kier alpha value is -3.19. The van der Waals surface area contributed by atoms with Crippen molar-refractivity contribution in [1.29, 1.82) is 0 Å². The number of amides is 2. The maximum absolute atomic E-state index is 13.0. The van der Waals surface area contributed by atoms with Crippen molar-refractivity contribution in [2.24, 2.45) is 0 Å². The van der Waals surface area contributed by atoms with Crippen LogP contribution < -0.4 is 0 Å². The number of carbonyl (C=O) groups is 2. The molecule has 31 heavy (non-hydrogen) atoms. The first-order chi connectivity index (χ1) is 15.0. The molecule has 160 valence electrons. The van der Waals surface area contributed by atoms with Crippen molar-refractivity contribution >= 4 is 22.7 Å². The van der Waals surface area contributed by atoms with E-state index in [1.165, 1.54) is 0 Å². The maximum atomic E-state index is 13.0. The topological polar surface area (TPSA) is 61.7 Å². The zero-order valence-corrected chi connectivity index (χ0v) is 18.0. The molecule has 3 aromatic rings. The van der Waals surface area contributed by atoms with E-state index in [-0.39, 0.29) is 11.8 Å². The Bertz CT molecular complexity index is 1120. The Morgan fingerprint density at radius 1 is 0.968 bits per heavy atom. The highest BCUT2D eigenvalue weighted by atomic mass is 16.2. The van der Waals surface area contributed by atoms with Gasteiger partial charge in [0.2, 0.25) is 5.91 Å². The van der Waals surface area contributed by atoms with Crippen LogP contribution in [0, 0.1) is 6.92 Å². The fraction of sp³-hybridized carbons (Fsp3) is 0.375. The summed E-state index contributed by atoms with van der Waals surface area (Å²) in [6.45, 7) is 8.50. The number of pyridine rings is 1. The molecular weight excluding hydrogens is 390 g/mol. The number of hydrogen-bond donors (Lipinski definition) is 0. The van der Waals surface area contributed by atoms with Crippen molar-refractivity contribution < 1.29 is 9.59 Å². The number of fused-ring (bicyclic) bond motifs is 1. The molecule has 2 aromatic heterocycles. The summed E-state index contributed by atoms with van der Waals surface area (Å²) in [4.78, 5) is 35.2. The second-order valence-corrected chi connectivity index (χ2v) is 8.56. The molecule has 0 N–H and O–H groups in total. The zero-order chi connectivity index (χ0) is 21.5. The molecule has 7 heteroatoms. The monoisotopic (exact) mass is 417 g/mol. The number of piperazine rings is 1. The summed E-state index contributed by atoms with van der Waals surface area (Å²) in [5.74, 6) is 1.10. The van der Waals surface area contributed by atoms with Gasteiger partial charge in [-0.2, -0.15) is 0 Å². The van der Waals surface area contributed by atoms with Crippen molar-refractivity contribution in [1.82, 2.24) is 24.3 Å². The van der Waals surface area contributed by atoms with E-state index in [1.807, 2.05) is 70.1 Å². The van der Waals surface area contributed by atoms with Crippen molar-refractivity contribution in [2.75, 3.05) is 39.3 Å². The molecule has 1 aromatic carbocycles. The lowest BCUT2D eigenvalue weighted by Gasteiger charge is -2.48. The first kappa shape index (κ1) is 19.8. The summed E-state index contributed by atoms with van der Waals surface area (Å²) < 4.78 is 2.05. The van der Waals surface area contributed by atoms with Gasteiger partial charge in [-0.25, -0.2) is 4.98 Å². The molecule has 0 bridgehead atoms. The number of likely N-dealkylation sites (tertiary alicyclic amines) is 1. The third-order valence-electron chi connectivity index (χ3n) is 6.51. The standard InChI is InChI=1S/C24H27N5O2/c1-17-3-6-23(25-14-17)29-8-7-19-13-20(4-5-22(19)29)24(31)28-15-21(16-28)27-11-9-26(10-12-27)18(2)30/h3-8,13-14,21H,9-12,15-16H2,1-2H3. The van der Waals surface area contributed by atoms with E-state index < -0.39 is 0 Å². The van der Waals surface area contributed by atoms with Gasteiger partial charge in [-0.15, -0.1) is 0 Å². The van der Waals surface area contributed by atoms with Crippen LogP contribution >= 0.6 is 0 Å². The molecule has 2 saturated heterocycles. The maximum Gasteiger partial charge on any atom is 0.253 e. The highest BCUT2D eigenvalue weighted by Crippen LogP contribution is 2.24. The van der Waals surface area contributed by atoms with E-state index in [9.17, 15) is 9.59 Å². The normalized spacial score (nSPS) is 17.7. The van der Waals surface area contributed by atoms with Crippen LogP contribution in [0.5, 0.6) is 0 Å². The van der Waals surface area contributed by atoms with Gasteiger partial charge < -0.3 is 14.4 Å². The molecule has 0 radical (unpaired) electrons. The first-order valence-corrected chi connectivity index (χ1v) is 10.8. The number of rotatable bonds is 3. The average molecular weight is 418 g/mol. The smallest absolute Gasteiger partial charge is 0.253 e. The van der Waals surface area contributed by atoms with E-state index in [0.717, 1.165) is 67.1 Å². The number of nitrogens with zero attached hydrogens (tertiary/aromatic N) is 5. The number of benzene rings is 1. The number of aromatic nitrogens is 2. The van der Waals surface area contributed by atoms with E-state index in [1.54, 1.807) is 6.92 Å². The van der Waals surface area contributed by atoms with Crippen LogP contribution in [0.4, 0.5) is 0 Å². The summed E-state index contributed by atoms with van der Waals surface area (Å²) in [6, 6.07) is 12.4. The second-order valence-electron chi connectivity index (χ2n) is 8.56. The number of hydrogen-bond acceptors (Lipinski definition) is 4. The molecule has 7 nitrogen and oxygen atoms in total. The largest absolute Gasteiger partial charge is 0.340 e. The molecule has 0 spiro atoms. The van der Waals surface area contributed by atoms with Gasteiger partial charge in [-0.1, -0.05) is 6.07 Å². The van der Waals surface area contributed by atoms with Crippen LogP contribution in [-0.4, -0.2) is 81.4 Å². The lowest BCUT2D eigenvalue weighted by molar-refractivity contribution is -0.131. The van der Waals surface area contributed by atoms with Crippen LogP contribution in [-0.2, 0) is 4.79 Å². The lowest BCUT2D eigenvalue weighted by atomic mass is 10.0. The Balaban J connectivity index is 1.24. The minimum Gasteiger partial charge on any atom is -0.340 e. The lowest BCUT2D eigenvalue weighted by Crippen LogP contribution is -2.64. The highest BCUT2D eigenvalue weighted by Gasteiger charge is 2.36. The van der Waals surface area contributed by atoms with Crippen LogP contribution in [0.1, 0.15) is 22.8 Å². The van der Waals surface area contributed by atoms with Gasteiger partial charge >= 0.3 is 0 Å². The Labute approximate surface area is 181 Å². The van der Waals surface area contributed by atoms with Crippen molar-refractivity contribution in [3.63, 3.8) is 0 Å². The second kappa shape index (κ2) is 7.81. The SMILES string of the molecule is CC(=O)N1CCN(C2CN(C(=O)c3ccc4c(ccn4-c4ccc(C)cn4)c3)C2)CC1. The van der Waals surface area contributed by atoms with E-state index >= 15 is 0 Å². The van der Waals surface area contributed by atoms with Crippen molar-refractivity contribution in [3.8, 4) is 5.82 Å². The average Bonchev–Trinajstić information content (AvgIpc) is 3.17. The molecule has 2 aliphatic rings.